The molecule has 1 aromatic heterocycles. The van der Waals surface area contributed by atoms with Crippen LogP contribution in [0.3, 0.4) is 0 Å². The highest BCUT2D eigenvalue weighted by Gasteiger charge is 2.12. The van der Waals surface area contributed by atoms with Crippen molar-refractivity contribution in [2.75, 3.05) is 20.6 Å². The van der Waals surface area contributed by atoms with Crippen LogP contribution in [0.4, 0.5) is 0 Å². The minimum absolute atomic E-state index is 0.408. The van der Waals surface area contributed by atoms with Gasteiger partial charge in [0.25, 0.3) is 0 Å². The lowest BCUT2D eigenvalue weighted by Crippen LogP contribution is -2.30. The molecule has 2 N–H and O–H groups in total. The van der Waals surface area contributed by atoms with Crippen molar-refractivity contribution in [2.24, 2.45) is 0 Å². The number of aromatic amines is 1. The number of nitrogens with zero attached hydrogens (tertiary/aromatic N) is 1. The third-order valence-electron chi connectivity index (χ3n) is 3.14. The van der Waals surface area contributed by atoms with Crippen LogP contribution < -0.4 is 5.32 Å². The summed E-state index contributed by atoms with van der Waals surface area (Å²) in [6.45, 7) is 1.85. The molecule has 0 radical (unpaired) electrons. The Hall–Kier alpha value is -1.58. The van der Waals surface area contributed by atoms with E-state index in [1.807, 2.05) is 12.4 Å². The summed E-state index contributed by atoms with van der Waals surface area (Å²) < 4.78 is 0. The number of hydrogen-bond acceptors (Lipinski definition) is 2. The van der Waals surface area contributed by atoms with Crippen molar-refractivity contribution in [3.05, 3.63) is 59.9 Å². The van der Waals surface area contributed by atoms with Gasteiger partial charge in [-0.25, -0.2) is 0 Å². The maximum absolute atomic E-state index is 3.51. The Kier molecular flexibility index (Phi) is 4.56. The second-order valence-electron chi connectivity index (χ2n) is 4.74. The van der Waals surface area contributed by atoms with E-state index >= 15 is 0 Å². The highest BCUT2D eigenvalue weighted by atomic mass is 15.1. The van der Waals surface area contributed by atoms with Crippen molar-refractivity contribution in [1.29, 1.82) is 0 Å². The van der Waals surface area contributed by atoms with Crippen LogP contribution in [0.15, 0.2) is 48.8 Å². The van der Waals surface area contributed by atoms with Crippen molar-refractivity contribution in [3.63, 3.8) is 0 Å². The number of H-pyrrole nitrogens is 1. The van der Waals surface area contributed by atoms with Crippen LogP contribution in [0.2, 0.25) is 0 Å². The van der Waals surface area contributed by atoms with Crippen LogP contribution in [-0.4, -0.2) is 30.5 Å². The van der Waals surface area contributed by atoms with E-state index in [9.17, 15) is 0 Å². The largest absolute Gasteiger partial charge is 0.367 e. The van der Waals surface area contributed by atoms with Gasteiger partial charge in [-0.15, -0.1) is 0 Å². The quantitative estimate of drug-likeness (QED) is 0.816. The zero-order valence-electron chi connectivity index (χ0n) is 11.1. The summed E-state index contributed by atoms with van der Waals surface area (Å²) in [6, 6.07) is 13.1. The first-order chi connectivity index (χ1) is 8.77. The highest BCUT2D eigenvalue weighted by molar-refractivity contribution is 5.19. The van der Waals surface area contributed by atoms with E-state index in [1.54, 1.807) is 0 Å². The fourth-order valence-corrected chi connectivity index (χ4v) is 2.10. The summed E-state index contributed by atoms with van der Waals surface area (Å²) in [5, 5.41) is 3.51. The predicted molar refractivity (Wildman–Crippen MR) is 75.4 cm³/mol. The zero-order valence-corrected chi connectivity index (χ0v) is 11.1. The molecule has 96 valence electrons. The minimum atomic E-state index is 0.408. The normalized spacial score (nSPS) is 12.8. The van der Waals surface area contributed by atoms with Gasteiger partial charge in [0.05, 0.1) is 0 Å². The maximum Gasteiger partial charge on any atom is 0.0466 e. The van der Waals surface area contributed by atoms with Gasteiger partial charge in [-0.3, -0.25) is 0 Å². The molecule has 3 heteroatoms. The molecular formula is C15H21N3. The number of hydrogen-bond donors (Lipinski definition) is 2. The lowest BCUT2D eigenvalue weighted by atomic mass is 10.1. The molecule has 1 heterocycles. The summed E-state index contributed by atoms with van der Waals surface area (Å²) >= 11 is 0. The van der Waals surface area contributed by atoms with E-state index < -0.39 is 0 Å². The summed E-state index contributed by atoms with van der Waals surface area (Å²) in [5.41, 5.74) is 2.64. The fraction of sp³-hybridized carbons (Fsp3) is 0.333. The van der Waals surface area contributed by atoms with Gasteiger partial charge in [-0.2, -0.15) is 0 Å². The topological polar surface area (TPSA) is 31.1 Å². The average Bonchev–Trinajstić information content (AvgIpc) is 2.88. The van der Waals surface area contributed by atoms with Crippen LogP contribution in [-0.2, 0) is 6.54 Å². The van der Waals surface area contributed by atoms with Crippen molar-refractivity contribution < 1.29 is 0 Å². The lowest BCUT2D eigenvalue weighted by Gasteiger charge is -2.25. The second-order valence-corrected chi connectivity index (χ2v) is 4.74. The van der Waals surface area contributed by atoms with Crippen molar-refractivity contribution in [1.82, 2.24) is 15.2 Å². The molecule has 3 nitrogen and oxygen atoms in total. The molecule has 2 rings (SSSR count). The van der Waals surface area contributed by atoms with E-state index in [4.69, 9.17) is 0 Å². The average molecular weight is 243 g/mol. The fourth-order valence-electron chi connectivity index (χ4n) is 2.10. The SMILES string of the molecule is CN(C)C(CNCc1cc[nH]c1)c1ccccc1. The number of rotatable bonds is 6. The van der Waals surface area contributed by atoms with Crippen LogP contribution in [0.1, 0.15) is 17.2 Å². The van der Waals surface area contributed by atoms with Crippen molar-refractivity contribution in [2.45, 2.75) is 12.6 Å². The number of nitrogens with one attached hydrogen (secondary N) is 2. The van der Waals surface area contributed by atoms with Gasteiger partial charge in [0.15, 0.2) is 0 Å². The molecule has 18 heavy (non-hydrogen) atoms. The Labute approximate surface area is 109 Å². The molecule has 0 aliphatic carbocycles. The van der Waals surface area contributed by atoms with Gasteiger partial charge in [0, 0.05) is 31.5 Å². The molecule has 1 unspecified atom stereocenters. The van der Waals surface area contributed by atoms with Crippen molar-refractivity contribution >= 4 is 0 Å². The van der Waals surface area contributed by atoms with Gasteiger partial charge < -0.3 is 15.2 Å². The van der Waals surface area contributed by atoms with Gasteiger partial charge in [-0.05, 0) is 31.3 Å². The standard InChI is InChI=1S/C15H21N3/c1-18(2)15(14-6-4-3-5-7-14)12-17-11-13-8-9-16-10-13/h3-10,15-17H,11-12H2,1-2H3. The van der Waals surface area contributed by atoms with Crippen LogP contribution in [0.25, 0.3) is 0 Å². The molecule has 0 saturated carbocycles. The Morgan fingerprint density at radius 2 is 1.94 bits per heavy atom. The molecular weight excluding hydrogens is 222 g/mol. The van der Waals surface area contributed by atoms with Crippen LogP contribution in [0.5, 0.6) is 0 Å². The molecule has 0 amide bonds. The third-order valence-corrected chi connectivity index (χ3v) is 3.14. The van der Waals surface area contributed by atoms with Gasteiger partial charge in [0.2, 0.25) is 0 Å². The van der Waals surface area contributed by atoms with E-state index in [2.05, 4.69) is 65.7 Å². The first-order valence-electron chi connectivity index (χ1n) is 6.31. The Morgan fingerprint density at radius 3 is 2.56 bits per heavy atom. The molecule has 0 saturated heterocycles. The van der Waals surface area contributed by atoms with Gasteiger partial charge in [-0.1, -0.05) is 30.3 Å². The van der Waals surface area contributed by atoms with Crippen LogP contribution >= 0.6 is 0 Å². The summed E-state index contributed by atoms with van der Waals surface area (Å²) in [4.78, 5) is 5.32. The summed E-state index contributed by atoms with van der Waals surface area (Å²) in [5.74, 6) is 0. The molecule has 0 bridgehead atoms. The first-order valence-corrected chi connectivity index (χ1v) is 6.31. The molecule has 1 aromatic carbocycles. The number of aromatic nitrogens is 1. The maximum atomic E-state index is 3.51. The van der Waals surface area contributed by atoms with Gasteiger partial charge >= 0.3 is 0 Å². The number of likely N-dealkylation sites (N-methyl/N-ethyl adjacent to an activating group) is 1. The van der Waals surface area contributed by atoms with E-state index in [0.717, 1.165) is 13.1 Å². The molecule has 0 aliphatic heterocycles. The molecule has 0 spiro atoms. The van der Waals surface area contributed by atoms with Crippen LogP contribution in [0, 0.1) is 0 Å². The Balaban J connectivity index is 1.91. The second kappa shape index (κ2) is 6.38. The van der Waals surface area contributed by atoms with Crippen molar-refractivity contribution in [3.8, 4) is 0 Å². The molecule has 1 atom stereocenters. The molecule has 0 aliphatic rings. The predicted octanol–water partition coefficient (Wildman–Crippen LogP) is 2.41. The third kappa shape index (κ3) is 3.45. The van der Waals surface area contributed by atoms with E-state index in [1.165, 1.54) is 11.1 Å². The highest BCUT2D eigenvalue weighted by Crippen LogP contribution is 2.16. The summed E-state index contributed by atoms with van der Waals surface area (Å²) in [7, 11) is 4.24. The lowest BCUT2D eigenvalue weighted by molar-refractivity contribution is 0.288. The monoisotopic (exact) mass is 243 g/mol. The molecule has 0 fully saturated rings. The van der Waals surface area contributed by atoms with Gasteiger partial charge in [0.1, 0.15) is 0 Å². The number of benzene rings is 1. The van der Waals surface area contributed by atoms with E-state index in [-0.39, 0.29) is 0 Å². The minimum Gasteiger partial charge on any atom is -0.367 e. The first kappa shape index (κ1) is 12.9. The smallest absolute Gasteiger partial charge is 0.0466 e. The molecule has 2 aromatic rings. The van der Waals surface area contributed by atoms with E-state index in [0.29, 0.717) is 6.04 Å². The summed E-state index contributed by atoms with van der Waals surface area (Å²) in [6.07, 6.45) is 3.98. The zero-order chi connectivity index (χ0) is 12.8. The Morgan fingerprint density at radius 1 is 1.17 bits per heavy atom. The Bertz CT molecular complexity index is 434.